The molecule has 3 aliphatic rings. The molecule has 3 aromatic carbocycles. The number of nitro groups is 1. The molecule has 2 amide bonds. The molecule has 40 heavy (non-hydrogen) atoms. The Bertz CT molecular complexity index is 1530. The highest BCUT2D eigenvalue weighted by molar-refractivity contribution is 6.24. The molecule has 6 rings (SSSR count). The highest BCUT2D eigenvalue weighted by atomic mass is 16.7. The van der Waals surface area contributed by atoms with E-state index in [1.165, 1.54) is 12.1 Å². The fraction of sp³-hybridized carbons (Fsp3) is 0.276. The number of carbonyl (C=O) groups excluding carboxylic acids is 2. The van der Waals surface area contributed by atoms with Crippen LogP contribution in [0.2, 0.25) is 0 Å². The monoisotopic (exact) mass is 541 g/mol. The van der Waals surface area contributed by atoms with Crippen LogP contribution in [0.5, 0.6) is 11.5 Å². The quantitative estimate of drug-likeness (QED) is 0.288. The van der Waals surface area contributed by atoms with Crippen LogP contribution in [0.4, 0.5) is 17.1 Å². The predicted octanol–water partition coefficient (Wildman–Crippen LogP) is 3.50. The fourth-order valence-electron chi connectivity index (χ4n) is 5.16. The number of rotatable bonds is 6. The first-order valence-electron chi connectivity index (χ1n) is 13.0. The Hall–Kier alpha value is -4.77. The second-order valence-corrected chi connectivity index (χ2v) is 10.0. The van der Waals surface area contributed by atoms with E-state index in [0.717, 1.165) is 31.7 Å². The van der Waals surface area contributed by atoms with Gasteiger partial charge in [-0.05, 0) is 54.6 Å². The van der Waals surface area contributed by atoms with Crippen LogP contribution < -0.4 is 14.8 Å². The van der Waals surface area contributed by atoms with Crippen LogP contribution in [0.1, 0.15) is 22.6 Å². The minimum Gasteiger partial charge on any atom is -0.454 e. The Labute approximate surface area is 230 Å². The number of nitro benzene ring substituents is 1. The topological polar surface area (TPSA) is 127 Å². The van der Waals surface area contributed by atoms with Crippen molar-refractivity contribution in [2.45, 2.75) is 12.3 Å². The van der Waals surface area contributed by atoms with Crippen molar-refractivity contribution >= 4 is 34.6 Å². The second-order valence-electron chi connectivity index (χ2n) is 10.0. The van der Waals surface area contributed by atoms with Crippen molar-refractivity contribution in [1.29, 1.82) is 0 Å². The van der Waals surface area contributed by atoms with Crippen molar-refractivity contribution in [3.05, 3.63) is 87.5 Å². The first-order valence-corrected chi connectivity index (χ1v) is 13.0. The summed E-state index contributed by atoms with van der Waals surface area (Å²) in [5.41, 5.74) is 3.48. The third-order valence-corrected chi connectivity index (χ3v) is 7.42. The molecular formula is C29H27N5O6. The SMILES string of the molecule is CN1CCN(C(=O)Cc2ccc(N=C(c3ccc4c(c3)OCO4)C3C(=O)Nc4cc([N+](=O)[O-])ccc43)cc2)CC1. The van der Waals surface area contributed by atoms with E-state index in [-0.39, 0.29) is 24.3 Å². The van der Waals surface area contributed by atoms with E-state index in [9.17, 15) is 19.7 Å². The molecule has 3 aromatic rings. The van der Waals surface area contributed by atoms with E-state index in [2.05, 4.69) is 17.3 Å². The van der Waals surface area contributed by atoms with Crippen LogP contribution in [-0.2, 0) is 16.0 Å². The van der Waals surface area contributed by atoms with Crippen molar-refractivity contribution < 1.29 is 24.0 Å². The largest absolute Gasteiger partial charge is 0.454 e. The summed E-state index contributed by atoms with van der Waals surface area (Å²) >= 11 is 0. The smallest absolute Gasteiger partial charge is 0.271 e. The minimum absolute atomic E-state index is 0.0960. The Balaban J connectivity index is 1.32. The lowest BCUT2D eigenvalue weighted by atomic mass is 9.90. The molecule has 0 radical (unpaired) electrons. The van der Waals surface area contributed by atoms with Crippen LogP contribution in [0.15, 0.2) is 65.7 Å². The van der Waals surface area contributed by atoms with Gasteiger partial charge in [-0.15, -0.1) is 0 Å². The second kappa shape index (κ2) is 10.4. The van der Waals surface area contributed by atoms with Gasteiger partial charge in [-0.1, -0.05) is 12.1 Å². The number of likely N-dealkylation sites (N-methyl/N-ethyl adjacent to an activating group) is 1. The average molecular weight is 542 g/mol. The number of aliphatic imine (C=N–C) groups is 1. The van der Waals surface area contributed by atoms with Crippen molar-refractivity contribution in [1.82, 2.24) is 9.80 Å². The summed E-state index contributed by atoms with van der Waals surface area (Å²) in [5, 5.41) is 14.1. The molecule has 3 aliphatic heterocycles. The van der Waals surface area contributed by atoms with E-state index in [4.69, 9.17) is 14.5 Å². The van der Waals surface area contributed by atoms with Crippen LogP contribution in [0.25, 0.3) is 0 Å². The summed E-state index contributed by atoms with van der Waals surface area (Å²) in [6, 6.07) is 17.1. The van der Waals surface area contributed by atoms with E-state index in [1.54, 1.807) is 18.2 Å². The van der Waals surface area contributed by atoms with Gasteiger partial charge in [-0.3, -0.25) is 24.7 Å². The lowest BCUT2D eigenvalue weighted by Crippen LogP contribution is -2.47. The van der Waals surface area contributed by atoms with E-state index >= 15 is 0 Å². The summed E-state index contributed by atoms with van der Waals surface area (Å²) < 4.78 is 11.0. The fourth-order valence-corrected chi connectivity index (χ4v) is 5.16. The van der Waals surface area contributed by atoms with Crippen LogP contribution in [0, 0.1) is 10.1 Å². The zero-order chi connectivity index (χ0) is 27.8. The van der Waals surface area contributed by atoms with Gasteiger partial charge in [0, 0.05) is 43.9 Å². The maximum atomic E-state index is 13.2. The lowest BCUT2D eigenvalue weighted by Gasteiger charge is -2.32. The number of fused-ring (bicyclic) bond motifs is 2. The summed E-state index contributed by atoms with van der Waals surface area (Å²) in [5.74, 6) is 0.115. The third kappa shape index (κ3) is 4.98. The highest BCUT2D eigenvalue weighted by Gasteiger charge is 2.37. The van der Waals surface area contributed by atoms with E-state index < -0.39 is 10.8 Å². The molecule has 1 unspecified atom stereocenters. The standard InChI is InChI=1S/C29H27N5O6/c1-32-10-12-33(13-11-32)26(35)14-18-2-5-20(6-3-18)30-28(19-4-9-24-25(15-19)40-17-39-24)27-22-8-7-21(34(37)38)16-23(22)31-29(27)36/h2-9,15-16,27H,10-14,17H2,1H3,(H,31,36). The molecule has 0 saturated carbocycles. The number of amides is 2. The van der Waals surface area contributed by atoms with Crippen LogP contribution in [0.3, 0.4) is 0 Å². The van der Waals surface area contributed by atoms with E-state index in [1.807, 2.05) is 35.2 Å². The Morgan fingerprint density at radius 3 is 2.52 bits per heavy atom. The number of piperazine rings is 1. The first kappa shape index (κ1) is 25.5. The third-order valence-electron chi connectivity index (χ3n) is 7.42. The van der Waals surface area contributed by atoms with Gasteiger partial charge in [0.2, 0.25) is 18.6 Å². The maximum Gasteiger partial charge on any atom is 0.271 e. The van der Waals surface area contributed by atoms with Crippen LogP contribution in [-0.4, -0.2) is 72.3 Å². The number of ether oxygens (including phenoxy) is 2. The number of anilines is 1. The van der Waals surface area contributed by atoms with Crippen molar-refractivity contribution in [3.8, 4) is 11.5 Å². The number of nitrogens with one attached hydrogen (secondary N) is 1. The number of hydrogen-bond donors (Lipinski definition) is 1. The predicted molar refractivity (Wildman–Crippen MR) is 147 cm³/mol. The molecule has 0 spiro atoms. The molecule has 204 valence electrons. The van der Waals surface area contributed by atoms with E-state index in [0.29, 0.717) is 46.1 Å². The van der Waals surface area contributed by atoms with Crippen molar-refractivity contribution in [2.75, 3.05) is 45.3 Å². The van der Waals surface area contributed by atoms with Gasteiger partial charge < -0.3 is 24.6 Å². The molecule has 3 heterocycles. The summed E-state index contributed by atoms with van der Waals surface area (Å²) in [6.45, 7) is 3.30. The normalized spacial score (nSPS) is 18.4. The summed E-state index contributed by atoms with van der Waals surface area (Å²) in [6.07, 6.45) is 0.305. The Kier molecular flexibility index (Phi) is 6.64. The zero-order valence-corrected chi connectivity index (χ0v) is 21.8. The van der Waals surface area contributed by atoms with Gasteiger partial charge in [0.25, 0.3) is 5.69 Å². The van der Waals surface area contributed by atoms with Gasteiger partial charge in [-0.25, -0.2) is 0 Å². The molecule has 1 saturated heterocycles. The average Bonchev–Trinajstić information content (AvgIpc) is 3.55. The number of nitrogens with zero attached hydrogens (tertiary/aromatic N) is 4. The van der Waals surface area contributed by atoms with Crippen molar-refractivity contribution in [2.24, 2.45) is 4.99 Å². The number of non-ortho nitro benzene ring substituents is 1. The van der Waals surface area contributed by atoms with Gasteiger partial charge in [0.1, 0.15) is 5.92 Å². The maximum absolute atomic E-state index is 13.2. The first-order chi connectivity index (χ1) is 19.4. The summed E-state index contributed by atoms with van der Waals surface area (Å²) in [4.78, 5) is 45.8. The Morgan fingerprint density at radius 2 is 1.77 bits per heavy atom. The number of carbonyl (C=O) groups is 2. The van der Waals surface area contributed by atoms with Crippen molar-refractivity contribution in [3.63, 3.8) is 0 Å². The van der Waals surface area contributed by atoms with Gasteiger partial charge in [-0.2, -0.15) is 0 Å². The van der Waals surface area contributed by atoms with Gasteiger partial charge in [0.05, 0.1) is 28.4 Å². The molecule has 11 nitrogen and oxygen atoms in total. The molecule has 0 aliphatic carbocycles. The molecule has 1 fully saturated rings. The molecule has 0 aromatic heterocycles. The number of benzene rings is 3. The highest BCUT2D eigenvalue weighted by Crippen LogP contribution is 2.40. The van der Waals surface area contributed by atoms with Gasteiger partial charge >= 0.3 is 0 Å². The molecule has 1 atom stereocenters. The lowest BCUT2D eigenvalue weighted by molar-refractivity contribution is -0.384. The van der Waals surface area contributed by atoms with Gasteiger partial charge in [0.15, 0.2) is 11.5 Å². The molecular weight excluding hydrogens is 514 g/mol. The Morgan fingerprint density at radius 1 is 1.02 bits per heavy atom. The molecule has 1 N–H and O–H groups in total. The number of hydrogen-bond acceptors (Lipinski definition) is 8. The molecule has 0 bridgehead atoms. The van der Waals surface area contributed by atoms with Crippen LogP contribution >= 0.6 is 0 Å². The summed E-state index contributed by atoms with van der Waals surface area (Å²) in [7, 11) is 2.05. The molecule has 11 heteroatoms. The minimum atomic E-state index is -0.797. The zero-order valence-electron chi connectivity index (χ0n) is 21.8.